The summed E-state index contributed by atoms with van der Waals surface area (Å²) in [6.07, 6.45) is 4.56. The van der Waals surface area contributed by atoms with Gasteiger partial charge in [0.25, 0.3) is 5.69 Å². The summed E-state index contributed by atoms with van der Waals surface area (Å²) in [5.41, 5.74) is 0.0923. The van der Waals surface area contributed by atoms with Crippen molar-refractivity contribution >= 4 is 21.6 Å². The lowest BCUT2D eigenvalue weighted by molar-refractivity contribution is -0.384. The number of hydrogen-bond acceptors (Lipinski definition) is 3. The number of unbranched alkanes of at least 4 members (excludes halogenated alkanes) is 3. The first-order valence-corrected chi connectivity index (χ1v) is 6.79. The van der Waals surface area contributed by atoms with Gasteiger partial charge in [-0.25, -0.2) is 0 Å². The van der Waals surface area contributed by atoms with Gasteiger partial charge in [0.05, 0.1) is 11.5 Å². The summed E-state index contributed by atoms with van der Waals surface area (Å²) < 4.78 is 5.49. The molecular weight excluding hydrogens is 286 g/mol. The van der Waals surface area contributed by atoms with E-state index in [4.69, 9.17) is 4.74 Å². The van der Waals surface area contributed by atoms with Crippen molar-refractivity contribution in [1.82, 2.24) is 0 Å². The molecule has 0 aliphatic heterocycles. The molecule has 17 heavy (non-hydrogen) atoms. The summed E-state index contributed by atoms with van der Waals surface area (Å²) in [4.78, 5) is 10.0. The van der Waals surface area contributed by atoms with Crippen LogP contribution in [0.5, 0.6) is 5.75 Å². The van der Waals surface area contributed by atoms with Crippen LogP contribution in [0.2, 0.25) is 0 Å². The van der Waals surface area contributed by atoms with Crippen LogP contribution in [0.25, 0.3) is 0 Å². The first-order chi connectivity index (χ1) is 8.24. The second kappa shape index (κ2) is 8.06. The SMILES string of the molecule is O=[N+]([O-])c1ccc(OCCCCCCBr)cc1. The molecule has 0 radical (unpaired) electrons. The maximum atomic E-state index is 10.4. The molecule has 0 aliphatic carbocycles. The maximum Gasteiger partial charge on any atom is 0.269 e. The summed E-state index contributed by atoms with van der Waals surface area (Å²) in [6.45, 7) is 0.667. The van der Waals surface area contributed by atoms with E-state index in [0.29, 0.717) is 12.4 Å². The Kier molecular flexibility index (Phi) is 6.62. The number of halogens is 1. The Morgan fingerprint density at radius 3 is 2.35 bits per heavy atom. The number of ether oxygens (including phenoxy) is 1. The molecule has 4 nitrogen and oxygen atoms in total. The molecule has 1 rings (SSSR count). The van der Waals surface area contributed by atoms with E-state index in [9.17, 15) is 10.1 Å². The average Bonchev–Trinajstić information content (AvgIpc) is 2.34. The van der Waals surface area contributed by atoms with Crippen LogP contribution in [-0.4, -0.2) is 16.9 Å². The molecule has 94 valence electrons. The fourth-order valence-corrected chi connectivity index (χ4v) is 1.80. The molecule has 0 heterocycles. The minimum Gasteiger partial charge on any atom is -0.494 e. The van der Waals surface area contributed by atoms with E-state index in [0.717, 1.165) is 18.2 Å². The highest BCUT2D eigenvalue weighted by atomic mass is 79.9. The molecule has 5 heteroatoms. The predicted octanol–water partition coefficient (Wildman–Crippen LogP) is 3.93. The van der Waals surface area contributed by atoms with Gasteiger partial charge >= 0.3 is 0 Å². The molecule has 0 N–H and O–H groups in total. The van der Waals surface area contributed by atoms with E-state index in [-0.39, 0.29) is 5.69 Å². The van der Waals surface area contributed by atoms with Crippen LogP contribution < -0.4 is 4.74 Å². The topological polar surface area (TPSA) is 52.4 Å². The van der Waals surface area contributed by atoms with E-state index in [1.54, 1.807) is 12.1 Å². The predicted molar refractivity (Wildman–Crippen MR) is 70.9 cm³/mol. The monoisotopic (exact) mass is 301 g/mol. The summed E-state index contributed by atoms with van der Waals surface area (Å²) in [5, 5.41) is 11.5. The molecule has 0 aliphatic rings. The highest BCUT2D eigenvalue weighted by molar-refractivity contribution is 9.09. The lowest BCUT2D eigenvalue weighted by Crippen LogP contribution is -1.97. The second-order valence-corrected chi connectivity index (χ2v) is 4.50. The molecule has 0 bridgehead atoms. The van der Waals surface area contributed by atoms with Gasteiger partial charge in [0.15, 0.2) is 0 Å². The van der Waals surface area contributed by atoms with E-state index < -0.39 is 4.92 Å². The summed E-state index contributed by atoms with van der Waals surface area (Å²) in [6, 6.07) is 6.19. The molecule has 0 unspecified atom stereocenters. The van der Waals surface area contributed by atoms with E-state index >= 15 is 0 Å². The third kappa shape index (κ3) is 5.68. The number of nitro benzene ring substituents is 1. The standard InChI is InChI=1S/C12H16BrNO3/c13-9-3-1-2-4-10-17-12-7-5-11(6-8-12)14(15)16/h5-8H,1-4,9-10H2. The van der Waals surface area contributed by atoms with Crippen LogP contribution in [0.3, 0.4) is 0 Å². The van der Waals surface area contributed by atoms with Gasteiger partial charge in [-0.3, -0.25) is 10.1 Å². The smallest absolute Gasteiger partial charge is 0.269 e. The Hall–Kier alpha value is -1.10. The Labute approximate surface area is 109 Å². The zero-order valence-corrected chi connectivity index (χ0v) is 11.2. The van der Waals surface area contributed by atoms with Gasteiger partial charge in [-0.2, -0.15) is 0 Å². The number of rotatable bonds is 8. The third-order valence-electron chi connectivity index (χ3n) is 2.34. The van der Waals surface area contributed by atoms with Gasteiger partial charge in [-0.1, -0.05) is 28.8 Å². The number of alkyl halides is 1. The summed E-state index contributed by atoms with van der Waals surface area (Å²) in [7, 11) is 0. The molecule has 0 spiro atoms. The van der Waals surface area contributed by atoms with Crippen LogP contribution in [-0.2, 0) is 0 Å². The highest BCUT2D eigenvalue weighted by Gasteiger charge is 2.03. The number of benzene rings is 1. The summed E-state index contributed by atoms with van der Waals surface area (Å²) >= 11 is 3.39. The van der Waals surface area contributed by atoms with Crippen LogP contribution >= 0.6 is 15.9 Å². The van der Waals surface area contributed by atoms with Crippen LogP contribution in [0.1, 0.15) is 25.7 Å². The first kappa shape index (κ1) is 14.0. The van der Waals surface area contributed by atoms with E-state index in [1.165, 1.54) is 25.0 Å². The average molecular weight is 302 g/mol. The van der Waals surface area contributed by atoms with Crippen molar-refractivity contribution < 1.29 is 9.66 Å². The van der Waals surface area contributed by atoms with Crippen molar-refractivity contribution in [2.24, 2.45) is 0 Å². The lowest BCUT2D eigenvalue weighted by atomic mass is 10.2. The van der Waals surface area contributed by atoms with Gasteiger partial charge in [0, 0.05) is 17.5 Å². The van der Waals surface area contributed by atoms with E-state index in [1.807, 2.05) is 0 Å². The van der Waals surface area contributed by atoms with Gasteiger partial charge in [-0.15, -0.1) is 0 Å². The van der Waals surface area contributed by atoms with Crippen molar-refractivity contribution in [3.05, 3.63) is 34.4 Å². The molecule has 0 saturated carbocycles. The van der Waals surface area contributed by atoms with Gasteiger partial charge < -0.3 is 4.74 Å². The largest absolute Gasteiger partial charge is 0.494 e. The zero-order chi connectivity index (χ0) is 12.5. The molecule has 0 amide bonds. The molecule has 1 aromatic rings. The Morgan fingerprint density at radius 1 is 1.12 bits per heavy atom. The van der Waals surface area contributed by atoms with Crippen molar-refractivity contribution in [2.45, 2.75) is 25.7 Å². The van der Waals surface area contributed by atoms with Crippen molar-refractivity contribution in [3.8, 4) is 5.75 Å². The zero-order valence-electron chi connectivity index (χ0n) is 9.60. The fraction of sp³-hybridized carbons (Fsp3) is 0.500. The van der Waals surface area contributed by atoms with Gasteiger partial charge in [-0.05, 0) is 25.0 Å². The lowest BCUT2D eigenvalue weighted by Gasteiger charge is -2.05. The first-order valence-electron chi connectivity index (χ1n) is 5.67. The summed E-state index contributed by atoms with van der Waals surface area (Å²) in [5.74, 6) is 0.691. The molecule has 0 fully saturated rings. The minimum atomic E-state index is -0.413. The maximum absolute atomic E-state index is 10.4. The molecule has 0 atom stereocenters. The van der Waals surface area contributed by atoms with Crippen molar-refractivity contribution in [3.63, 3.8) is 0 Å². The van der Waals surface area contributed by atoms with Crippen LogP contribution in [0.15, 0.2) is 24.3 Å². The van der Waals surface area contributed by atoms with Crippen LogP contribution in [0.4, 0.5) is 5.69 Å². The molecule has 0 aromatic heterocycles. The molecule has 1 aromatic carbocycles. The number of nitro groups is 1. The third-order valence-corrected chi connectivity index (χ3v) is 2.90. The number of non-ortho nitro benzene ring substituents is 1. The number of hydrogen-bond donors (Lipinski definition) is 0. The Balaban J connectivity index is 2.21. The van der Waals surface area contributed by atoms with Gasteiger partial charge in [0.2, 0.25) is 0 Å². The minimum absolute atomic E-state index is 0.0923. The Morgan fingerprint density at radius 2 is 1.76 bits per heavy atom. The van der Waals surface area contributed by atoms with Gasteiger partial charge in [0.1, 0.15) is 5.75 Å². The van der Waals surface area contributed by atoms with Crippen molar-refractivity contribution in [2.75, 3.05) is 11.9 Å². The van der Waals surface area contributed by atoms with E-state index in [2.05, 4.69) is 15.9 Å². The quantitative estimate of drug-likeness (QED) is 0.316. The second-order valence-electron chi connectivity index (χ2n) is 3.70. The Bertz CT molecular complexity index is 340. The van der Waals surface area contributed by atoms with Crippen molar-refractivity contribution in [1.29, 1.82) is 0 Å². The molecular formula is C12H16BrNO3. The molecule has 0 saturated heterocycles. The highest BCUT2D eigenvalue weighted by Crippen LogP contribution is 2.17. The van der Waals surface area contributed by atoms with Crippen LogP contribution in [0, 0.1) is 10.1 Å². The normalized spacial score (nSPS) is 10.2. The number of nitrogens with zero attached hydrogens (tertiary/aromatic N) is 1. The fourth-order valence-electron chi connectivity index (χ4n) is 1.40.